The van der Waals surface area contributed by atoms with Gasteiger partial charge < -0.3 is 10.8 Å². The summed E-state index contributed by atoms with van der Waals surface area (Å²) in [6, 6.07) is -1.26. The zero-order chi connectivity index (χ0) is 11.7. The molecule has 0 saturated heterocycles. The van der Waals surface area contributed by atoms with Crippen molar-refractivity contribution in [3.63, 3.8) is 0 Å². The normalized spacial score (nSPS) is 12.4. The smallest absolute Gasteiger partial charge is 0.332 e. The Hall–Kier alpha value is -2.12. The lowest BCUT2D eigenvalue weighted by Crippen LogP contribution is -2.37. The Morgan fingerprint density at radius 3 is 2.60 bits per heavy atom. The van der Waals surface area contributed by atoms with Gasteiger partial charge in [-0.3, -0.25) is 14.6 Å². The Bertz CT molecular complexity index is 518. The van der Waals surface area contributed by atoms with E-state index in [0.29, 0.717) is 4.57 Å². The first-order valence-corrected chi connectivity index (χ1v) is 3.89. The van der Waals surface area contributed by atoms with Crippen molar-refractivity contribution >= 4 is 5.91 Å². The summed E-state index contributed by atoms with van der Waals surface area (Å²) in [5.41, 5.74) is 2.41. The monoisotopic (exact) mass is 217 g/mol. The molecule has 1 rings (SSSR count). The molecular formula is C7H8FN3O4. The predicted molar refractivity (Wildman–Crippen MR) is 46.9 cm³/mol. The first-order valence-electron chi connectivity index (χ1n) is 3.89. The molecule has 7 nitrogen and oxygen atoms in total. The molecule has 0 radical (unpaired) electrons. The number of hydrogen-bond acceptors (Lipinski definition) is 4. The minimum absolute atomic E-state index is 0.360. The third-order valence-electron chi connectivity index (χ3n) is 1.86. The first kappa shape index (κ1) is 11.0. The molecule has 1 aromatic heterocycles. The van der Waals surface area contributed by atoms with Crippen molar-refractivity contribution < 1.29 is 14.3 Å². The van der Waals surface area contributed by atoms with E-state index in [-0.39, 0.29) is 0 Å². The Balaban J connectivity index is 3.57. The molecule has 1 heterocycles. The summed E-state index contributed by atoms with van der Waals surface area (Å²) in [5, 5.41) is 9.14. The molecule has 1 amide bonds. The van der Waals surface area contributed by atoms with Gasteiger partial charge >= 0.3 is 5.69 Å². The van der Waals surface area contributed by atoms with Crippen LogP contribution in [-0.2, 0) is 4.79 Å². The fourth-order valence-electron chi connectivity index (χ4n) is 1.00. The second kappa shape index (κ2) is 3.56. The number of nitrogens with two attached hydrogens (primary N) is 1. The van der Waals surface area contributed by atoms with Crippen LogP contribution < -0.4 is 17.0 Å². The lowest BCUT2D eigenvalue weighted by molar-refractivity contribution is -0.120. The number of nitrogens with zero attached hydrogens (tertiary/aromatic N) is 1. The SMILES string of the molecule is CC(C(N)=O)n1c(O)c(F)c(=O)[nH]c1=O. The minimum Gasteiger partial charge on any atom is -0.492 e. The van der Waals surface area contributed by atoms with E-state index in [4.69, 9.17) is 10.8 Å². The standard InChI is InChI=1S/C7H8FN3O4/c1-2(4(9)12)11-6(14)3(8)5(13)10-7(11)15/h2,14H,1H3,(H2,9,12)(H,10,13,15). The number of aromatic amines is 1. The number of rotatable bonds is 2. The molecule has 1 atom stereocenters. The van der Waals surface area contributed by atoms with E-state index >= 15 is 0 Å². The zero-order valence-electron chi connectivity index (χ0n) is 7.65. The molecule has 0 bridgehead atoms. The maximum atomic E-state index is 12.9. The number of carbonyl (C=O) groups excluding carboxylic acids is 1. The fourth-order valence-corrected chi connectivity index (χ4v) is 1.00. The molecule has 0 aromatic carbocycles. The third-order valence-corrected chi connectivity index (χ3v) is 1.86. The van der Waals surface area contributed by atoms with Crippen molar-refractivity contribution in [1.29, 1.82) is 0 Å². The largest absolute Gasteiger partial charge is 0.492 e. The number of aromatic nitrogens is 2. The summed E-state index contributed by atoms with van der Waals surface area (Å²) in [5.74, 6) is -3.70. The van der Waals surface area contributed by atoms with Crippen LogP contribution in [0.4, 0.5) is 4.39 Å². The number of primary amides is 1. The zero-order valence-corrected chi connectivity index (χ0v) is 7.65. The van der Waals surface area contributed by atoms with Crippen molar-refractivity contribution in [2.45, 2.75) is 13.0 Å². The lowest BCUT2D eigenvalue weighted by atomic mass is 10.3. The van der Waals surface area contributed by atoms with E-state index in [1.807, 2.05) is 0 Å². The average molecular weight is 217 g/mol. The molecule has 0 fully saturated rings. The van der Waals surface area contributed by atoms with Crippen LogP contribution in [-0.4, -0.2) is 20.6 Å². The predicted octanol–water partition coefficient (Wildman–Crippen LogP) is -1.57. The highest BCUT2D eigenvalue weighted by Gasteiger charge is 2.21. The summed E-state index contributed by atoms with van der Waals surface area (Å²) in [6.07, 6.45) is 0. The van der Waals surface area contributed by atoms with Gasteiger partial charge in [0, 0.05) is 0 Å². The van der Waals surface area contributed by atoms with Crippen LogP contribution in [0, 0.1) is 5.82 Å². The molecule has 15 heavy (non-hydrogen) atoms. The highest BCUT2D eigenvalue weighted by molar-refractivity contribution is 5.78. The van der Waals surface area contributed by atoms with E-state index in [0.717, 1.165) is 0 Å². The molecule has 8 heteroatoms. The number of carbonyl (C=O) groups is 1. The quantitative estimate of drug-likeness (QED) is 0.554. The van der Waals surface area contributed by atoms with Crippen LogP contribution in [0.1, 0.15) is 13.0 Å². The van der Waals surface area contributed by atoms with Crippen molar-refractivity contribution in [3.8, 4) is 5.88 Å². The van der Waals surface area contributed by atoms with Gasteiger partial charge in [0.25, 0.3) is 5.56 Å². The summed E-state index contributed by atoms with van der Waals surface area (Å²) >= 11 is 0. The van der Waals surface area contributed by atoms with Crippen LogP contribution >= 0.6 is 0 Å². The summed E-state index contributed by atoms with van der Waals surface area (Å²) < 4.78 is 13.2. The molecular weight excluding hydrogens is 209 g/mol. The summed E-state index contributed by atoms with van der Waals surface area (Å²) in [4.78, 5) is 34.1. The van der Waals surface area contributed by atoms with Crippen molar-refractivity contribution in [2.24, 2.45) is 5.73 Å². The molecule has 4 N–H and O–H groups in total. The molecule has 0 aliphatic heterocycles. The van der Waals surface area contributed by atoms with Gasteiger partial charge in [-0.2, -0.15) is 4.39 Å². The van der Waals surface area contributed by atoms with E-state index in [1.165, 1.54) is 6.92 Å². The van der Waals surface area contributed by atoms with Gasteiger partial charge in [0.1, 0.15) is 6.04 Å². The van der Waals surface area contributed by atoms with Crippen LogP contribution in [0.5, 0.6) is 5.88 Å². The van der Waals surface area contributed by atoms with Crippen LogP contribution in [0.2, 0.25) is 0 Å². The Morgan fingerprint density at radius 2 is 2.13 bits per heavy atom. The van der Waals surface area contributed by atoms with E-state index in [2.05, 4.69) is 0 Å². The van der Waals surface area contributed by atoms with Gasteiger partial charge in [-0.1, -0.05) is 0 Å². The molecule has 0 aliphatic carbocycles. The maximum absolute atomic E-state index is 12.9. The van der Waals surface area contributed by atoms with Gasteiger partial charge in [-0.05, 0) is 6.92 Å². The van der Waals surface area contributed by atoms with Crippen LogP contribution in [0.3, 0.4) is 0 Å². The maximum Gasteiger partial charge on any atom is 0.332 e. The van der Waals surface area contributed by atoms with E-state index in [9.17, 15) is 18.8 Å². The van der Waals surface area contributed by atoms with E-state index < -0.39 is 34.9 Å². The third kappa shape index (κ3) is 1.73. The lowest BCUT2D eigenvalue weighted by Gasteiger charge is -2.12. The first-order chi connectivity index (χ1) is 6.86. The highest BCUT2D eigenvalue weighted by atomic mass is 19.1. The number of hydrogen-bond donors (Lipinski definition) is 3. The summed E-state index contributed by atoms with van der Waals surface area (Å²) in [7, 11) is 0. The molecule has 0 saturated carbocycles. The number of halogens is 1. The average Bonchev–Trinajstić information content (AvgIpc) is 2.14. The van der Waals surface area contributed by atoms with Gasteiger partial charge in [-0.15, -0.1) is 0 Å². The van der Waals surface area contributed by atoms with Crippen molar-refractivity contribution in [3.05, 3.63) is 26.7 Å². The Kier molecular flexibility index (Phi) is 2.60. The second-order valence-electron chi connectivity index (χ2n) is 2.85. The Morgan fingerprint density at radius 1 is 1.60 bits per heavy atom. The number of aromatic hydroxyl groups is 1. The molecule has 0 spiro atoms. The number of nitrogens with one attached hydrogen (secondary N) is 1. The van der Waals surface area contributed by atoms with Gasteiger partial charge in [0.2, 0.25) is 17.6 Å². The van der Waals surface area contributed by atoms with Crippen LogP contribution in [0.25, 0.3) is 0 Å². The van der Waals surface area contributed by atoms with Crippen molar-refractivity contribution in [2.75, 3.05) is 0 Å². The highest BCUT2D eigenvalue weighted by Crippen LogP contribution is 2.13. The minimum atomic E-state index is -1.54. The topological polar surface area (TPSA) is 118 Å². The van der Waals surface area contributed by atoms with Gasteiger partial charge in [0.15, 0.2) is 0 Å². The number of amides is 1. The van der Waals surface area contributed by atoms with Gasteiger partial charge in [-0.25, -0.2) is 9.36 Å². The number of H-pyrrole nitrogens is 1. The molecule has 0 aliphatic rings. The van der Waals surface area contributed by atoms with Crippen LogP contribution in [0.15, 0.2) is 9.59 Å². The van der Waals surface area contributed by atoms with E-state index in [1.54, 1.807) is 4.98 Å². The van der Waals surface area contributed by atoms with Gasteiger partial charge in [0.05, 0.1) is 0 Å². The molecule has 82 valence electrons. The van der Waals surface area contributed by atoms with Crippen molar-refractivity contribution in [1.82, 2.24) is 9.55 Å². The molecule has 1 unspecified atom stereocenters. The fraction of sp³-hybridized carbons (Fsp3) is 0.286. The molecule has 1 aromatic rings. The second-order valence-corrected chi connectivity index (χ2v) is 2.85. The summed E-state index contributed by atoms with van der Waals surface area (Å²) in [6.45, 7) is 1.18. The Labute approximate surface area is 82.0 Å².